The van der Waals surface area contributed by atoms with E-state index in [0.717, 1.165) is 27.9 Å². The molecule has 1 atom stereocenters. The number of amides is 1. The van der Waals surface area contributed by atoms with Gasteiger partial charge in [-0.2, -0.15) is 0 Å². The average molecular weight is 400 g/mol. The molecule has 0 fully saturated rings. The van der Waals surface area contributed by atoms with Crippen LogP contribution >= 0.6 is 0 Å². The average Bonchev–Trinajstić information content (AvgIpc) is 3.16. The Kier molecular flexibility index (Phi) is 4.51. The van der Waals surface area contributed by atoms with Crippen LogP contribution in [0.2, 0.25) is 0 Å². The Hall–Kier alpha value is -3.60. The molecule has 0 radical (unpaired) electrons. The molecule has 1 aromatic heterocycles. The highest BCUT2D eigenvalue weighted by molar-refractivity contribution is 5.96. The maximum Gasteiger partial charge on any atom is 0.257 e. The van der Waals surface area contributed by atoms with E-state index in [1.807, 2.05) is 48.5 Å². The molecule has 1 aliphatic heterocycles. The minimum absolute atomic E-state index is 0.0969. The number of H-pyrrole nitrogens is 1. The van der Waals surface area contributed by atoms with Crippen LogP contribution in [-0.4, -0.2) is 29.4 Å². The van der Waals surface area contributed by atoms with Crippen LogP contribution in [0, 0.1) is 5.82 Å². The van der Waals surface area contributed by atoms with Crippen molar-refractivity contribution in [2.24, 2.45) is 0 Å². The fourth-order valence-electron chi connectivity index (χ4n) is 4.38. The lowest BCUT2D eigenvalue weighted by atomic mass is 9.91. The Bertz CT molecular complexity index is 1230. The number of aromatic nitrogens is 1. The van der Waals surface area contributed by atoms with E-state index < -0.39 is 5.82 Å². The van der Waals surface area contributed by atoms with Crippen LogP contribution in [0.3, 0.4) is 0 Å². The summed E-state index contributed by atoms with van der Waals surface area (Å²) in [4.78, 5) is 18.7. The Morgan fingerprint density at radius 1 is 1.07 bits per heavy atom. The summed E-state index contributed by atoms with van der Waals surface area (Å²) < 4.78 is 19.8. The Morgan fingerprint density at radius 2 is 1.83 bits per heavy atom. The van der Waals surface area contributed by atoms with E-state index in [0.29, 0.717) is 13.0 Å². The number of hydrogen-bond donors (Lipinski definition) is 1. The molecule has 1 unspecified atom stereocenters. The van der Waals surface area contributed by atoms with E-state index in [4.69, 9.17) is 4.74 Å². The summed E-state index contributed by atoms with van der Waals surface area (Å²) in [5.74, 6) is -0.00393. The lowest BCUT2D eigenvalue weighted by Crippen LogP contribution is -2.41. The van der Waals surface area contributed by atoms with Crippen molar-refractivity contribution in [2.75, 3.05) is 13.7 Å². The van der Waals surface area contributed by atoms with Crippen molar-refractivity contribution in [3.8, 4) is 5.75 Å². The van der Waals surface area contributed by atoms with E-state index in [1.165, 1.54) is 11.6 Å². The predicted octanol–water partition coefficient (Wildman–Crippen LogP) is 5.10. The van der Waals surface area contributed by atoms with Crippen LogP contribution in [-0.2, 0) is 6.42 Å². The van der Waals surface area contributed by atoms with Gasteiger partial charge in [-0.25, -0.2) is 4.39 Å². The van der Waals surface area contributed by atoms with Crippen molar-refractivity contribution >= 4 is 16.8 Å². The number of hydrogen-bond acceptors (Lipinski definition) is 2. The van der Waals surface area contributed by atoms with Gasteiger partial charge in [0.15, 0.2) is 0 Å². The van der Waals surface area contributed by atoms with Gasteiger partial charge in [0.25, 0.3) is 5.91 Å². The van der Waals surface area contributed by atoms with E-state index in [-0.39, 0.29) is 17.5 Å². The monoisotopic (exact) mass is 400 g/mol. The summed E-state index contributed by atoms with van der Waals surface area (Å²) >= 11 is 0. The van der Waals surface area contributed by atoms with Gasteiger partial charge in [-0.15, -0.1) is 0 Å². The normalized spacial score (nSPS) is 15.8. The molecular formula is C25H21FN2O2. The highest BCUT2D eigenvalue weighted by atomic mass is 19.1. The zero-order chi connectivity index (χ0) is 20.7. The van der Waals surface area contributed by atoms with Gasteiger partial charge in [-0.1, -0.05) is 42.5 Å². The molecule has 0 saturated carbocycles. The lowest BCUT2D eigenvalue weighted by molar-refractivity contribution is 0.0687. The fourth-order valence-corrected chi connectivity index (χ4v) is 4.38. The summed E-state index contributed by atoms with van der Waals surface area (Å²) in [5, 5.41) is 1.10. The molecule has 4 nitrogen and oxygen atoms in total. The third-order valence-corrected chi connectivity index (χ3v) is 5.81. The van der Waals surface area contributed by atoms with Crippen LogP contribution in [0.15, 0.2) is 72.8 Å². The first-order chi connectivity index (χ1) is 14.7. The SMILES string of the molecule is COc1ccc2[nH]c3c(c2c1)CCN(C(=O)c1ccccc1F)C3c1ccccc1. The number of halogens is 1. The van der Waals surface area contributed by atoms with E-state index in [9.17, 15) is 9.18 Å². The van der Waals surface area contributed by atoms with Crippen LogP contribution in [0.1, 0.15) is 33.2 Å². The molecule has 0 aliphatic carbocycles. The number of rotatable bonds is 3. The zero-order valence-electron chi connectivity index (χ0n) is 16.6. The second-order valence-corrected chi connectivity index (χ2v) is 7.47. The number of benzene rings is 3. The fraction of sp³-hybridized carbons (Fsp3) is 0.160. The summed E-state index contributed by atoms with van der Waals surface area (Å²) in [6.07, 6.45) is 0.687. The number of methoxy groups -OCH3 is 1. The van der Waals surface area contributed by atoms with Gasteiger partial charge in [0, 0.05) is 23.1 Å². The molecule has 1 amide bonds. The number of carbonyl (C=O) groups is 1. The van der Waals surface area contributed by atoms with Gasteiger partial charge in [-0.3, -0.25) is 4.79 Å². The summed E-state index contributed by atoms with van der Waals surface area (Å²) in [5.41, 5.74) is 4.24. The summed E-state index contributed by atoms with van der Waals surface area (Å²) in [6.45, 7) is 0.504. The molecule has 0 saturated heterocycles. The van der Waals surface area contributed by atoms with Gasteiger partial charge in [0.1, 0.15) is 11.6 Å². The molecule has 0 bridgehead atoms. The van der Waals surface area contributed by atoms with Crippen molar-refractivity contribution in [3.63, 3.8) is 0 Å². The standard InChI is InChI=1S/C25H21FN2O2/c1-30-17-11-12-22-20(15-17)18-13-14-28(25(29)19-9-5-6-10-21(19)26)24(23(18)27-22)16-7-3-2-4-8-16/h2-12,15,24,27H,13-14H2,1H3. The molecule has 2 heterocycles. The number of nitrogens with zero attached hydrogens (tertiary/aromatic N) is 1. The topological polar surface area (TPSA) is 45.3 Å². The molecule has 5 heteroatoms. The Morgan fingerprint density at radius 3 is 2.60 bits per heavy atom. The van der Waals surface area contributed by atoms with Gasteiger partial charge < -0.3 is 14.6 Å². The van der Waals surface area contributed by atoms with Crippen molar-refractivity contribution in [2.45, 2.75) is 12.5 Å². The molecule has 4 aromatic rings. The van der Waals surface area contributed by atoms with E-state index in [1.54, 1.807) is 30.2 Å². The van der Waals surface area contributed by atoms with Crippen molar-refractivity contribution in [1.82, 2.24) is 9.88 Å². The quantitative estimate of drug-likeness (QED) is 0.520. The van der Waals surface area contributed by atoms with E-state index in [2.05, 4.69) is 4.98 Å². The highest BCUT2D eigenvalue weighted by Gasteiger charge is 2.35. The highest BCUT2D eigenvalue weighted by Crippen LogP contribution is 2.40. The second kappa shape index (κ2) is 7.34. The Balaban J connectivity index is 1.67. The van der Waals surface area contributed by atoms with Crippen molar-refractivity contribution in [1.29, 1.82) is 0 Å². The number of ether oxygens (including phenoxy) is 1. The molecular weight excluding hydrogens is 379 g/mol. The third-order valence-electron chi connectivity index (χ3n) is 5.81. The number of fused-ring (bicyclic) bond motifs is 3. The maximum atomic E-state index is 14.4. The molecule has 5 rings (SSSR count). The molecule has 0 spiro atoms. The minimum Gasteiger partial charge on any atom is -0.497 e. The van der Waals surface area contributed by atoms with Gasteiger partial charge >= 0.3 is 0 Å². The van der Waals surface area contributed by atoms with Crippen LogP contribution in [0.5, 0.6) is 5.75 Å². The van der Waals surface area contributed by atoms with Gasteiger partial charge in [-0.05, 0) is 47.9 Å². The van der Waals surface area contributed by atoms with Gasteiger partial charge in [0.05, 0.1) is 18.7 Å². The molecule has 1 aliphatic rings. The second-order valence-electron chi connectivity index (χ2n) is 7.47. The molecule has 3 aromatic carbocycles. The summed E-state index contributed by atoms with van der Waals surface area (Å²) in [6, 6.07) is 21.7. The molecule has 30 heavy (non-hydrogen) atoms. The first kappa shape index (κ1) is 18.4. The number of carbonyl (C=O) groups excluding carboxylic acids is 1. The molecule has 1 N–H and O–H groups in total. The minimum atomic E-state index is -0.499. The number of aromatic amines is 1. The van der Waals surface area contributed by atoms with Gasteiger partial charge in [0.2, 0.25) is 0 Å². The smallest absolute Gasteiger partial charge is 0.257 e. The lowest BCUT2D eigenvalue weighted by Gasteiger charge is -2.36. The maximum absolute atomic E-state index is 14.4. The third kappa shape index (κ3) is 2.94. The van der Waals surface area contributed by atoms with Crippen LogP contribution in [0.25, 0.3) is 10.9 Å². The molecule has 150 valence electrons. The first-order valence-electron chi connectivity index (χ1n) is 9.96. The predicted molar refractivity (Wildman–Crippen MR) is 114 cm³/mol. The van der Waals surface area contributed by atoms with Crippen molar-refractivity contribution in [3.05, 3.63) is 101 Å². The van der Waals surface area contributed by atoms with Crippen LogP contribution in [0.4, 0.5) is 4.39 Å². The van der Waals surface area contributed by atoms with Crippen molar-refractivity contribution < 1.29 is 13.9 Å². The largest absolute Gasteiger partial charge is 0.497 e. The van der Waals surface area contributed by atoms with E-state index >= 15 is 0 Å². The first-order valence-corrected chi connectivity index (χ1v) is 9.96. The summed E-state index contributed by atoms with van der Waals surface area (Å²) in [7, 11) is 1.65. The van der Waals surface area contributed by atoms with Crippen LogP contribution < -0.4 is 4.74 Å². The Labute approximate surface area is 173 Å². The number of nitrogens with one attached hydrogen (secondary N) is 1. The zero-order valence-corrected chi connectivity index (χ0v) is 16.6.